The van der Waals surface area contributed by atoms with Crippen molar-refractivity contribution in [2.24, 2.45) is 0 Å². The number of nitrogens with two attached hydrogens (primary N) is 1. The number of hydrogen-bond donors (Lipinski definition) is 2. The van der Waals surface area contributed by atoms with E-state index in [9.17, 15) is 22.4 Å². The Morgan fingerprint density at radius 3 is 2.56 bits per heavy atom. The number of amides is 1. The lowest BCUT2D eigenvalue weighted by molar-refractivity contribution is -0.123. The van der Waals surface area contributed by atoms with Gasteiger partial charge in [0.25, 0.3) is 5.91 Å². The first-order valence-corrected chi connectivity index (χ1v) is 5.11. The van der Waals surface area contributed by atoms with Gasteiger partial charge in [-0.2, -0.15) is 8.78 Å². The lowest BCUT2D eigenvalue weighted by atomic mass is 10.2. The van der Waals surface area contributed by atoms with Crippen molar-refractivity contribution in [3.05, 3.63) is 28.8 Å². The standard InChI is InChI=1S/C10H9ClF4N2O/c11-7-3-5(16)1-2-6(7)8(18)17-4-10(14,15)9(12)13/h1-3,9H,4,16H2,(H,17,18). The average Bonchev–Trinajstić information content (AvgIpc) is 2.25. The molecule has 18 heavy (non-hydrogen) atoms. The van der Waals surface area contributed by atoms with Gasteiger partial charge in [-0.25, -0.2) is 8.78 Å². The van der Waals surface area contributed by atoms with Crippen LogP contribution in [0.4, 0.5) is 23.2 Å². The Hall–Kier alpha value is -1.50. The monoisotopic (exact) mass is 284 g/mol. The molecule has 3 N–H and O–H groups in total. The van der Waals surface area contributed by atoms with Crippen LogP contribution in [0, 0.1) is 0 Å². The van der Waals surface area contributed by atoms with Gasteiger partial charge in [-0.3, -0.25) is 4.79 Å². The van der Waals surface area contributed by atoms with E-state index < -0.39 is 24.8 Å². The van der Waals surface area contributed by atoms with Gasteiger partial charge in [0.1, 0.15) is 0 Å². The number of alkyl halides is 4. The molecule has 0 atom stereocenters. The highest BCUT2D eigenvalue weighted by atomic mass is 35.5. The molecule has 0 radical (unpaired) electrons. The molecule has 1 aromatic rings. The molecule has 0 aliphatic carbocycles. The maximum absolute atomic E-state index is 12.6. The average molecular weight is 285 g/mol. The van der Waals surface area contributed by atoms with Crippen molar-refractivity contribution in [1.29, 1.82) is 0 Å². The second kappa shape index (κ2) is 5.43. The van der Waals surface area contributed by atoms with Crippen molar-refractivity contribution in [3.63, 3.8) is 0 Å². The zero-order chi connectivity index (χ0) is 13.9. The van der Waals surface area contributed by atoms with Crippen molar-refractivity contribution < 1.29 is 22.4 Å². The van der Waals surface area contributed by atoms with E-state index in [-0.39, 0.29) is 16.3 Å². The highest BCUT2D eigenvalue weighted by Crippen LogP contribution is 2.22. The predicted octanol–water partition coefficient (Wildman–Crippen LogP) is 2.55. The maximum atomic E-state index is 12.6. The number of hydrogen-bond acceptors (Lipinski definition) is 2. The van der Waals surface area contributed by atoms with Crippen molar-refractivity contribution >= 4 is 23.2 Å². The van der Waals surface area contributed by atoms with Gasteiger partial charge in [-0.05, 0) is 18.2 Å². The number of benzene rings is 1. The van der Waals surface area contributed by atoms with Crippen LogP contribution in [0.15, 0.2) is 18.2 Å². The third kappa shape index (κ3) is 3.49. The zero-order valence-corrected chi connectivity index (χ0v) is 9.65. The van der Waals surface area contributed by atoms with Gasteiger partial charge in [0, 0.05) is 5.69 Å². The Morgan fingerprint density at radius 1 is 1.44 bits per heavy atom. The summed E-state index contributed by atoms with van der Waals surface area (Å²) >= 11 is 5.66. The van der Waals surface area contributed by atoms with Gasteiger partial charge in [0.05, 0.1) is 17.1 Å². The molecule has 0 spiro atoms. The highest BCUT2D eigenvalue weighted by molar-refractivity contribution is 6.34. The van der Waals surface area contributed by atoms with Crippen LogP contribution in [0.5, 0.6) is 0 Å². The zero-order valence-electron chi connectivity index (χ0n) is 8.89. The third-order valence-electron chi connectivity index (χ3n) is 2.04. The summed E-state index contributed by atoms with van der Waals surface area (Å²) in [6.07, 6.45) is -3.85. The second-order valence-electron chi connectivity index (χ2n) is 3.48. The van der Waals surface area contributed by atoms with E-state index in [2.05, 4.69) is 0 Å². The first-order valence-electron chi connectivity index (χ1n) is 4.73. The first-order chi connectivity index (χ1) is 8.24. The Kier molecular flexibility index (Phi) is 4.39. The summed E-state index contributed by atoms with van der Waals surface area (Å²) in [5.41, 5.74) is 5.55. The molecule has 0 aliphatic heterocycles. The molecular weight excluding hydrogens is 276 g/mol. The van der Waals surface area contributed by atoms with Crippen LogP contribution >= 0.6 is 11.6 Å². The van der Waals surface area contributed by atoms with Gasteiger partial charge in [0.15, 0.2) is 0 Å². The quantitative estimate of drug-likeness (QED) is 0.659. The molecule has 0 unspecified atom stereocenters. The fourth-order valence-corrected chi connectivity index (χ4v) is 1.36. The topological polar surface area (TPSA) is 55.1 Å². The normalized spacial score (nSPS) is 11.7. The van der Waals surface area contributed by atoms with Crippen LogP contribution in [0.1, 0.15) is 10.4 Å². The molecule has 0 aromatic heterocycles. The summed E-state index contributed by atoms with van der Waals surface area (Å²) in [4.78, 5) is 11.4. The van der Waals surface area contributed by atoms with E-state index in [4.69, 9.17) is 17.3 Å². The minimum Gasteiger partial charge on any atom is -0.399 e. The molecule has 1 amide bonds. The number of anilines is 1. The highest BCUT2D eigenvalue weighted by Gasteiger charge is 2.40. The van der Waals surface area contributed by atoms with Gasteiger partial charge in [-0.1, -0.05) is 11.6 Å². The largest absolute Gasteiger partial charge is 0.399 e. The van der Waals surface area contributed by atoms with E-state index in [1.165, 1.54) is 18.2 Å². The molecule has 0 saturated carbocycles. The molecule has 0 fully saturated rings. The van der Waals surface area contributed by atoms with E-state index in [0.29, 0.717) is 0 Å². The first kappa shape index (κ1) is 14.6. The number of nitrogens with one attached hydrogen (secondary N) is 1. The molecule has 0 heterocycles. The molecule has 3 nitrogen and oxygen atoms in total. The van der Waals surface area contributed by atoms with Crippen LogP contribution < -0.4 is 11.1 Å². The van der Waals surface area contributed by atoms with Crippen molar-refractivity contribution in [3.8, 4) is 0 Å². The van der Waals surface area contributed by atoms with Gasteiger partial charge < -0.3 is 11.1 Å². The number of halogens is 5. The number of nitrogen functional groups attached to an aromatic ring is 1. The lowest BCUT2D eigenvalue weighted by Crippen LogP contribution is -2.41. The SMILES string of the molecule is Nc1ccc(C(=O)NCC(F)(F)C(F)F)c(Cl)c1. The number of carbonyl (C=O) groups is 1. The van der Waals surface area contributed by atoms with Gasteiger partial charge in [0.2, 0.25) is 0 Å². The molecule has 1 rings (SSSR count). The van der Waals surface area contributed by atoms with E-state index in [1.54, 1.807) is 5.32 Å². The summed E-state index contributed by atoms with van der Waals surface area (Å²) in [6.45, 7) is -1.47. The second-order valence-corrected chi connectivity index (χ2v) is 3.89. The minimum absolute atomic E-state index is 0.0483. The molecule has 0 saturated heterocycles. The smallest absolute Gasteiger partial charge is 0.324 e. The summed E-state index contributed by atoms with van der Waals surface area (Å²) in [7, 11) is 0. The summed E-state index contributed by atoms with van der Waals surface area (Å²) in [5.74, 6) is -5.25. The molecule has 0 aliphatic rings. The van der Waals surface area contributed by atoms with E-state index in [0.717, 1.165) is 0 Å². The minimum atomic E-state index is -4.28. The van der Waals surface area contributed by atoms with Crippen molar-refractivity contribution in [2.45, 2.75) is 12.3 Å². The lowest BCUT2D eigenvalue weighted by Gasteiger charge is -2.16. The van der Waals surface area contributed by atoms with Gasteiger partial charge >= 0.3 is 12.3 Å². The maximum Gasteiger partial charge on any atom is 0.324 e. The summed E-state index contributed by atoms with van der Waals surface area (Å²) in [6, 6.07) is 3.81. The van der Waals surface area contributed by atoms with Crippen LogP contribution in [-0.2, 0) is 0 Å². The Morgan fingerprint density at radius 2 is 2.06 bits per heavy atom. The molecule has 1 aromatic carbocycles. The van der Waals surface area contributed by atoms with Gasteiger partial charge in [-0.15, -0.1) is 0 Å². The number of carbonyl (C=O) groups excluding carboxylic acids is 1. The predicted molar refractivity (Wildman–Crippen MR) is 59.1 cm³/mol. The van der Waals surface area contributed by atoms with Crippen molar-refractivity contribution in [2.75, 3.05) is 12.3 Å². The summed E-state index contributed by atoms with van der Waals surface area (Å²) in [5, 5.41) is 1.64. The van der Waals surface area contributed by atoms with Crippen LogP contribution in [-0.4, -0.2) is 24.8 Å². The van der Waals surface area contributed by atoms with E-state index >= 15 is 0 Å². The Labute approximate surface area is 105 Å². The Balaban J connectivity index is 2.72. The Bertz CT molecular complexity index is 454. The number of rotatable bonds is 4. The fraction of sp³-hybridized carbons (Fsp3) is 0.300. The summed E-state index contributed by atoms with van der Waals surface area (Å²) < 4.78 is 48.8. The van der Waals surface area contributed by atoms with E-state index in [1.807, 2.05) is 0 Å². The third-order valence-corrected chi connectivity index (χ3v) is 2.35. The fourth-order valence-electron chi connectivity index (χ4n) is 1.09. The van der Waals surface area contributed by atoms with Crippen LogP contribution in [0.3, 0.4) is 0 Å². The molecule has 8 heteroatoms. The van der Waals surface area contributed by atoms with Crippen molar-refractivity contribution in [1.82, 2.24) is 5.32 Å². The molecule has 0 bridgehead atoms. The molecular formula is C10H9ClF4N2O. The van der Waals surface area contributed by atoms with Crippen LogP contribution in [0.2, 0.25) is 5.02 Å². The molecule has 100 valence electrons. The van der Waals surface area contributed by atoms with Crippen LogP contribution in [0.25, 0.3) is 0 Å².